The zero-order chi connectivity index (χ0) is 14.7. The van der Waals surface area contributed by atoms with E-state index in [2.05, 4.69) is 10.3 Å². The van der Waals surface area contributed by atoms with Gasteiger partial charge in [-0.15, -0.1) is 0 Å². The molecule has 1 atom stereocenters. The number of H-pyrrole nitrogens is 1. The van der Waals surface area contributed by atoms with Gasteiger partial charge in [0.15, 0.2) is 5.43 Å². The fourth-order valence-electron chi connectivity index (χ4n) is 2.27. The summed E-state index contributed by atoms with van der Waals surface area (Å²) < 4.78 is 0. The molecule has 0 saturated heterocycles. The van der Waals surface area contributed by atoms with Gasteiger partial charge in [0.05, 0.1) is 0 Å². The number of aliphatic carboxylic acids is 1. The highest BCUT2D eigenvalue weighted by molar-refractivity contribution is 5.96. The topological polar surface area (TPSA) is 99.3 Å². The standard InChI is InChI=1S/C14H18N2O4/c1-8-5-12(17)10(7-15-8)13(18)16-11(14(19)20)6-9-3-2-4-9/h5,7,9,11H,2-4,6H2,1H3,(H,15,17)(H,16,18)(H,19,20). The predicted octanol–water partition coefficient (Wildman–Crippen LogP) is 1.06. The highest BCUT2D eigenvalue weighted by atomic mass is 16.4. The number of aromatic amines is 1. The van der Waals surface area contributed by atoms with Gasteiger partial charge in [0.25, 0.3) is 5.91 Å². The number of hydrogen-bond donors (Lipinski definition) is 3. The minimum atomic E-state index is -1.06. The number of aromatic nitrogens is 1. The second kappa shape index (κ2) is 5.90. The Labute approximate surface area is 116 Å². The van der Waals surface area contributed by atoms with Crippen molar-refractivity contribution in [3.63, 3.8) is 0 Å². The maximum absolute atomic E-state index is 12.0. The first kappa shape index (κ1) is 14.3. The van der Waals surface area contributed by atoms with Crippen LogP contribution in [0.15, 0.2) is 17.1 Å². The molecule has 1 unspecified atom stereocenters. The van der Waals surface area contributed by atoms with Crippen molar-refractivity contribution in [3.8, 4) is 0 Å². The Hall–Kier alpha value is -2.11. The van der Waals surface area contributed by atoms with E-state index < -0.39 is 23.3 Å². The van der Waals surface area contributed by atoms with E-state index in [1.54, 1.807) is 6.92 Å². The van der Waals surface area contributed by atoms with Crippen LogP contribution < -0.4 is 10.7 Å². The molecule has 6 heteroatoms. The zero-order valence-corrected chi connectivity index (χ0v) is 11.3. The van der Waals surface area contributed by atoms with Crippen LogP contribution in [0.2, 0.25) is 0 Å². The van der Waals surface area contributed by atoms with Crippen molar-refractivity contribution in [2.75, 3.05) is 0 Å². The van der Waals surface area contributed by atoms with E-state index in [9.17, 15) is 14.4 Å². The Morgan fingerprint density at radius 2 is 2.20 bits per heavy atom. The number of pyridine rings is 1. The summed E-state index contributed by atoms with van der Waals surface area (Å²) in [5, 5.41) is 11.6. The van der Waals surface area contributed by atoms with E-state index in [0.717, 1.165) is 19.3 Å². The summed E-state index contributed by atoms with van der Waals surface area (Å²) in [7, 11) is 0. The van der Waals surface area contributed by atoms with Crippen LogP contribution in [0, 0.1) is 12.8 Å². The Bertz CT molecular complexity index is 575. The molecule has 1 fully saturated rings. The highest BCUT2D eigenvalue weighted by Gasteiger charge is 2.28. The molecule has 0 radical (unpaired) electrons. The lowest BCUT2D eigenvalue weighted by atomic mass is 9.81. The Morgan fingerprint density at radius 3 is 2.70 bits per heavy atom. The van der Waals surface area contributed by atoms with Gasteiger partial charge in [-0.3, -0.25) is 9.59 Å². The molecule has 3 N–H and O–H groups in total. The number of carboxylic acid groups (broad SMARTS) is 1. The van der Waals surface area contributed by atoms with Gasteiger partial charge in [-0.25, -0.2) is 4.79 Å². The van der Waals surface area contributed by atoms with E-state index in [0.29, 0.717) is 18.0 Å². The van der Waals surface area contributed by atoms with Gasteiger partial charge in [-0.1, -0.05) is 19.3 Å². The van der Waals surface area contributed by atoms with Crippen molar-refractivity contribution < 1.29 is 14.7 Å². The highest BCUT2D eigenvalue weighted by Crippen LogP contribution is 2.30. The van der Waals surface area contributed by atoms with Crippen LogP contribution in [0.5, 0.6) is 0 Å². The number of rotatable bonds is 5. The first-order chi connectivity index (χ1) is 9.47. The number of aryl methyl sites for hydroxylation is 1. The number of carboxylic acids is 1. The lowest BCUT2D eigenvalue weighted by molar-refractivity contribution is -0.139. The van der Waals surface area contributed by atoms with Crippen LogP contribution in [0.25, 0.3) is 0 Å². The van der Waals surface area contributed by atoms with E-state index in [4.69, 9.17) is 5.11 Å². The van der Waals surface area contributed by atoms with Crippen LogP contribution in [0.3, 0.4) is 0 Å². The van der Waals surface area contributed by atoms with Crippen LogP contribution in [-0.4, -0.2) is 28.0 Å². The number of nitrogens with one attached hydrogen (secondary N) is 2. The maximum Gasteiger partial charge on any atom is 0.326 e. The number of amides is 1. The second-order valence-electron chi connectivity index (χ2n) is 5.29. The van der Waals surface area contributed by atoms with E-state index in [1.165, 1.54) is 12.3 Å². The summed E-state index contributed by atoms with van der Waals surface area (Å²) >= 11 is 0. The van der Waals surface area contributed by atoms with Crippen molar-refractivity contribution in [2.45, 2.75) is 38.6 Å². The lowest BCUT2D eigenvalue weighted by Crippen LogP contribution is -2.44. The second-order valence-corrected chi connectivity index (χ2v) is 5.29. The Kier molecular flexibility index (Phi) is 4.22. The van der Waals surface area contributed by atoms with Crippen molar-refractivity contribution >= 4 is 11.9 Å². The summed E-state index contributed by atoms with van der Waals surface area (Å²) in [5.41, 5.74) is 0.179. The molecule has 108 valence electrons. The smallest absolute Gasteiger partial charge is 0.326 e. The minimum absolute atomic E-state index is 0.0598. The van der Waals surface area contributed by atoms with Gasteiger partial charge < -0.3 is 15.4 Å². The van der Waals surface area contributed by atoms with Crippen LogP contribution in [0.1, 0.15) is 41.7 Å². The van der Waals surface area contributed by atoms with Gasteiger partial charge in [0, 0.05) is 18.0 Å². The molecule has 1 aliphatic carbocycles. The molecule has 0 aliphatic heterocycles. The van der Waals surface area contributed by atoms with E-state index >= 15 is 0 Å². The summed E-state index contributed by atoms with van der Waals surface area (Å²) in [4.78, 5) is 37.6. The molecule has 6 nitrogen and oxygen atoms in total. The Balaban J connectivity index is 2.07. The quantitative estimate of drug-likeness (QED) is 0.749. The third-order valence-electron chi connectivity index (χ3n) is 3.70. The van der Waals surface area contributed by atoms with Gasteiger partial charge in [0.1, 0.15) is 11.6 Å². The molecule has 0 bridgehead atoms. The zero-order valence-electron chi connectivity index (χ0n) is 11.3. The normalized spacial score (nSPS) is 16.2. The number of carbonyl (C=O) groups excluding carboxylic acids is 1. The van der Waals surface area contributed by atoms with Crippen molar-refractivity contribution in [3.05, 3.63) is 33.7 Å². The molecular weight excluding hydrogens is 260 g/mol. The van der Waals surface area contributed by atoms with Crippen LogP contribution >= 0.6 is 0 Å². The molecular formula is C14H18N2O4. The van der Waals surface area contributed by atoms with Gasteiger partial charge in [0.2, 0.25) is 0 Å². The van der Waals surface area contributed by atoms with E-state index in [-0.39, 0.29) is 5.56 Å². The molecule has 0 aromatic carbocycles. The SMILES string of the molecule is Cc1cc(=O)c(C(=O)NC(CC2CCC2)C(=O)O)c[nH]1. The fourth-order valence-corrected chi connectivity index (χ4v) is 2.27. The van der Waals surface area contributed by atoms with Crippen molar-refractivity contribution in [2.24, 2.45) is 5.92 Å². The monoisotopic (exact) mass is 278 g/mol. The lowest BCUT2D eigenvalue weighted by Gasteiger charge is -2.28. The molecule has 1 amide bonds. The van der Waals surface area contributed by atoms with Gasteiger partial charge in [-0.2, -0.15) is 0 Å². The van der Waals surface area contributed by atoms with Gasteiger partial charge in [-0.05, 0) is 19.3 Å². The maximum atomic E-state index is 12.0. The summed E-state index contributed by atoms with van der Waals surface area (Å²) in [6, 6.07) is 0.380. The summed E-state index contributed by atoms with van der Waals surface area (Å²) in [6.07, 6.45) is 4.86. The molecule has 1 saturated carbocycles. The van der Waals surface area contributed by atoms with Crippen LogP contribution in [0.4, 0.5) is 0 Å². The summed E-state index contributed by atoms with van der Waals surface area (Å²) in [6.45, 7) is 1.71. The first-order valence-corrected chi connectivity index (χ1v) is 6.70. The number of carbonyl (C=O) groups is 2. The van der Waals surface area contributed by atoms with Crippen molar-refractivity contribution in [1.29, 1.82) is 0 Å². The molecule has 20 heavy (non-hydrogen) atoms. The minimum Gasteiger partial charge on any atom is -0.480 e. The van der Waals surface area contributed by atoms with Crippen LogP contribution in [-0.2, 0) is 4.79 Å². The molecule has 1 aromatic rings. The molecule has 2 rings (SSSR count). The Morgan fingerprint density at radius 1 is 1.50 bits per heavy atom. The third kappa shape index (κ3) is 3.26. The average molecular weight is 278 g/mol. The fraction of sp³-hybridized carbons (Fsp3) is 0.500. The molecule has 1 aliphatic rings. The summed E-state index contributed by atoms with van der Waals surface area (Å²) in [5.74, 6) is -1.35. The first-order valence-electron chi connectivity index (χ1n) is 6.70. The molecule has 1 heterocycles. The molecule has 0 spiro atoms. The average Bonchev–Trinajstić information content (AvgIpc) is 2.31. The predicted molar refractivity (Wildman–Crippen MR) is 72.6 cm³/mol. The van der Waals surface area contributed by atoms with E-state index in [1.807, 2.05) is 0 Å². The largest absolute Gasteiger partial charge is 0.480 e. The third-order valence-corrected chi connectivity index (χ3v) is 3.70. The van der Waals surface area contributed by atoms with Crippen molar-refractivity contribution in [1.82, 2.24) is 10.3 Å². The van der Waals surface area contributed by atoms with Gasteiger partial charge >= 0.3 is 5.97 Å². The molecule has 1 aromatic heterocycles. The number of hydrogen-bond acceptors (Lipinski definition) is 3.